The molecule has 0 radical (unpaired) electrons. The van der Waals surface area contributed by atoms with Crippen molar-refractivity contribution in [3.8, 4) is 5.75 Å². The van der Waals surface area contributed by atoms with E-state index in [1.165, 1.54) is 12.1 Å². The molecule has 6 heteroatoms. The smallest absolute Gasteiger partial charge is 0.357 e. The lowest BCUT2D eigenvalue weighted by atomic mass is 10.2. The molecule has 0 aliphatic rings. The van der Waals surface area contributed by atoms with Gasteiger partial charge in [0, 0.05) is 11.3 Å². The van der Waals surface area contributed by atoms with Gasteiger partial charge in [-0.25, -0.2) is 0 Å². The van der Waals surface area contributed by atoms with E-state index < -0.39 is 11.4 Å². The van der Waals surface area contributed by atoms with E-state index in [1.54, 1.807) is 19.1 Å². The SMILES string of the molecule is C=C(C)C(=O)Nc1ccc(OS(=O)O)cc1. The summed E-state index contributed by atoms with van der Waals surface area (Å²) < 4.78 is 23.3. The third-order valence-corrected chi connectivity index (χ3v) is 2.00. The van der Waals surface area contributed by atoms with Gasteiger partial charge in [-0.2, -0.15) is 4.21 Å². The molecule has 0 aliphatic carbocycles. The van der Waals surface area contributed by atoms with E-state index in [0.29, 0.717) is 11.3 Å². The number of nitrogens with one attached hydrogen (secondary N) is 1. The van der Waals surface area contributed by atoms with E-state index in [9.17, 15) is 9.00 Å². The van der Waals surface area contributed by atoms with Gasteiger partial charge >= 0.3 is 11.4 Å². The first-order chi connectivity index (χ1) is 7.49. The summed E-state index contributed by atoms with van der Waals surface area (Å²) in [6, 6.07) is 6.07. The number of hydrogen-bond acceptors (Lipinski definition) is 3. The molecule has 0 heterocycles. The number of carbonyl (C=O) groups is 1. The Labute approximate surface area is 95.6 Å². The van der Waals surface area contributed by atoms with Crippen LogP contribution in [0.2, 0.25) is 0 Å². The van der Waals surface area contributed by atoms with Crippen LogP contribution in [-0.2, 0) is 16.2 Å². The van der Waals surface area contributed by atoms with Gasteiger partial charge < -0.3 is 9.50 Å². The summed E-state index contributed by atoms with van der Waals surface area (Å²) in [6.07, 6.45) is 0. The first-order valence-electron chi connectivity index (χ1n) is 4.35. The summed E-state index contributed by atoms with van der Waals surface area (Å²) in [5.41, 5.74) is 0.959. The van der Waals surface area contributed by atoms with Crippen molar-refractivity contribution in [2.24, 2.45) is 0 Å². The van der Waals surface area contributed by atoms with Crippen molar-refractivity contribution in [1.29, 1.82) is 0 Å². The van der Waals surface area contributed by atoms with Crippen molar-refractivity contribution in [1.82, 2.24) is 0 Å². The van der Waals surface area contributed by atoms with Crippen LogP contribution < -0.4 is 9.50 Å². The summed E-state index contributed by atoms with van der Waals surface area (Å²) in [5, 5.41) is 2.59. The molecule has 5 nitrogen and oxygen atoms in total. The Kier molecular flexibility index (Phi) is 4.21. The Hall–Kier alpha value is -1.66. The lowest BCUT2D eigenvalue weighted by Crippen LogP contribution is -2.11. The third kappa shape index (κ3) is 3.84. The van der Waals surface area contributed by atoms with E-state index >= 15 is 0 Å². The minimum Gasteiger partial charge on any atom is -0.380 e. The molecule has 0 spiro atoms. The van der Waals surface area contributed by atoms with E-state index in [2.05, 4.69) is 16.1 Å². The molecule has 1 unspecified atom stereocenters. The highest BCUT2D eigenvalue weighted by molar-refractivity contribution is 7.74. The molecule has 0 fully saturated rings. The second-order valence-corrected chi connectivity index (χ2v) is 3.66. The molecule has 16 heavy (non-hydrogen) atoms. The normalized spacial score (nSPS) is 11.6. The van der Waals surface area contributed by atoms with E-state index in [0.717, 1.165) is 0 Å². The highest BCUT2D eigenvalue weighted by Gasteiger charge is 2.03. The van der Waals surface area contributed by atoms with E-state index in [4.69, 9.17) is 4.55 Å². The van der Waals surface area contributed by atoms with Gasteiger partial charge in [-0.05, 0) is 31.2 Å². The maximum Gasteiger partial charge on any atom is 0.357 e. The Morgan fingerprint density at radius 2 is 2.00 bits per heavy atom. The second-order valence-electron chi connectivity index (χ2n) is 3.06. The molecular formula is C10H11NO4S. The van der Waals surface area contributed by atoms with Gasteiger partial charge in [-0.3, -0.25) is 9.35 Å². The van der Waals surface area contributed by atoms with Crippen molar-refractivity contribution in [2.45, 2.75) is 6.92 Å². The van der Waals surface area contributed by atoms with Crippen LogP contribution in [0.1, 0.15) is 6.92 Å². The Morgan fingerprint density at radius 3 is 2.44 bits per heavy atom. The van der Waals surface area contributed by atoms with Crippen LogP contribution in [0.25, 0.3) is 0 Å². The van der Waals surface area contributed by atoms with Gasteiger partial charge in [-0.1, -0.05) is 6.58 Å². The molecule has 1 aromatic rings. The fourth-order valence-electron chi connectivity index (χ4n) is 0.914. The Bertz CT molecular complexity index is 427. The molecule has 1 rings (SSSR count). The molecule has 1 amide bonds. The van der Waals surface area contributed by atoms with Crippen LogP contribution in [-0.4, -0.2) is 14.7 Å². The molecule has 0 aromatic heterocycles. The van der Waals surface area contributed by atoms with Gasteiger partial charge in [0.2, 0.25) is 0 Å². The minimum atomic E-state index is -2.34. The zero-order valence-electron chi connectivity index (χ0n) is 8.60. The zero-order chi connectivity index (χ0) is 12.1. The summed E-state index contributed by atoms with van der Waals surface area (Å²) >= 11 is -2.34. The summed E-state index contributed by atoms with van der Waals surface area (Å²) in [7, 11) is 0. The maximum absolute atomic E-state index is 11.2. The van der Waals surface area contributed by atoms with E-state index in [1.807, 2.05) is 0 Å². The van der Waals surface area contributed by atoms with Crippen LogP contribution >= 0.6 is 0 Å². The van der Waals surface area contributed by atoms with Crippen LogP contribution in [0.3, 0.4) is 0 Å². The molecule has 86 valence electrons. The molecule has 0 aliphatic heterocycles. The second kappa shape index (κ2) is 5.43. The number of hydrogen-bond donors (Lipinski definition) is 2. The summed E-state index contributed by atoms with van der Waals surface area (Å²) in [5.74, 6) is -0.0337. The molecule has 1 atom stereocenters. The first kappa shape index (κ1) is 12.4. The monoisotopic (exact) mass is 241 g/mol. The molecule has 0 saturated heterocycles. The highest BCUT2D eigenvalue weighted by Crippen LogP contribution is 2.16. The van der Waals surface area contributed by atoms with Gasteiger partial charge in [0.15, 0.2) is 0 Å². The molecule has 0 saturated carbocycles. The molecular weight excluding hydrogens is 230 g/mol. The standard InChI is InChI=1S/C10H11NO4S/c1-7(2)10(12)11-8-3-5-9(6-4-8)15-16(13)14/h3-6H,1H2,2H3,(H,11,12)(H,13,14). The summed E-state index contributed by atoms with van der Waals surface area (Å²) in [4.78, 5) is 11.2. The van der Waals surface area contributed by atoms with Crippen LogP contribution in [0, 0.1) is 0 Å². The quantitative estimate of drug-likeness (QED) is 0.621. The van der Waals surface area contributed by atoms with Crippen LogP contribution in [0.15, 0.2) is 36.4 Å². The average molecular weight is 241 g/mol. The van der Waals surface area contributed by atoms with Crippen molar-refractivity contribution in [3.63, 3.8) is 0 Å². The minimum absolute atomic E-state index is 0.245. The number of carbonyl (C=O) groups excluding carboxylic acids is 1. The number of rotatable bonds is 4. The van der Waals surface area contributed by atoms with E-state index in [-0.39, 0.29) is 11.7 Å². The van der Waals surface area contributed by atoms with Crippen molar-refractivity contribution in [3.05, 3.63) is 36.4 Å². The Balaban J connectivity index is 2.68. The van der Waals surface area contributed by atoms with Crippen LogP contribution in [0.5, 0.6) is 5.75 Å². The van der Waals surface area contributed by atoms with Crippen LogP contribution in [0.4, 0.5) is 5.69 Å². The average Bonchev–Trinajstić information content (AvgIpc) is 2.20. The topological polar surface area (TPSA) is 75.6 Å². The lowest BCUT2D eigenvalue weighted by Gasteiger charge is -2.05. The zero-order valence-corrected chi connectivity index (χ0v) is 9.41. The van der Waals surface area contributed by atoms with Gasteiger partial charge in [0.05, 0.1) is 0 Å². The Morgan fingerprint density at radius 1 is 1.44 bits per heavy atom. The third-order valence-electron chi connectivity index (χ3n) is 1.67. The first-order valence-corrected chi connectivity index (χ1v) is 5.38. The highest BCUT2D eigenvalue weighted by atomic mass is 32.2. The predicted molar refractivity (Wildman–Crippen MR) is 61.3 cm³/mol. The number of amides is 1. The fourth-order valence-corrected chi connectivity index (χ4v) is 1.19. The predicted octanol–water partition coefficient (Wildman–Crippen LogP) is 1.72. The van der Waals surface area contributed by atoms with Crippen molar-refractivity contribution < 1.29 is 17.7 Å². The molecule has 1 aromatic carbocycles. The molecule has 0 bridgehead atoms. The van der Waals surface area contributed by atoms with Gasteiger partial charge in [0.1, 0.15) is 5.75 Å². The maximum atomic E-state index is 11.2. The number of anilines is 1. The lowest BCUT2D eigenvalue weighted by molar-refractivity contribution is -0.112. The summed E-state index contributed by atoms with van der Waals surface area (Å²) in [6.45, 7) is 5.10. The molecule has 2 N–H and O–H groups in total. The van der Waals surface area contributed by atoms with Crippen molar-refractivity contribution in [2.75, 3.05) is 5.32 Å². The van der Waals surface area contributed by atoms with Crippen molar-refractivity contribution >= 4 is 23.0 Å². The number of benzene rings is 1. The largest absolute Gasteiger partial charge is 0.380 e. The van der Waals surface area contributed by atoms with Gasteiger partial charge in [-0.15, -0.1) is 0 Å². The fraction of sp³-hybridized carbons (Fsp3) is 0.100. The van der Waals surface area contributed by atoms with Gasteiger partial charge in [0.25, 0.3) is 5.91 Å².